The third-order valence-corrected chi connectivity index (χ3v) is 3.44. The second-order valence-electron chi connectivity index (χ2n) is 5.30. The summed E-state index contributed by atoms with van der Waals surface area (Å²) in [4.78, 5) is 0. The van der Waals surface area contributed by atoms with Crippen LogP contribution in [0.2, 0.25) is 0 Å². The van der Waals surface area contributed by atoms with E-state index >= 15 is 0 Å². The van der Waals surface area contributed by atoms with Crippen LogP contribution in [0.5, 0.6) is 0 Å². The summed E-state index contributed by atoms with van der Waals surface area (Å²) in [6, 6.07) is 8.18. The van der Waals surface area contributed by atoms with Crippen LogP contribution in [0.3, 0.4) is 0 Å². The van der Waals surface area contributed by atoms with Crippen molar-refractivity contribution in [3.63, 3.8) is 0 Å². The molecule has 0 amide bonds. The molecule has 5 heteroatoms. The average Bonchev–Trinajstić information content (AvgIpc) is 2.31. The van der Waals surface area contributed by atoms with E-state index < -0.39 is 6.75 Å². The van der Waals surface area contributed by atoms with E-state index in [-0.39, 0.29) is 56.8 Å². The van der Waals surface area contributed by atoms with Crippen molar-refractivity contribution in [2.45, 2.75) is 13.8 Å². The van der Waals surface area contributed by atoms with E-state index in [1.165, 1.54) is 5.56 Å². The molecule has 0 radical (unpaired) electrons. The van der Waals surface area contributed by atoms with Gasteiger partial charge in [0.1, 0.15) is 0 Å². The molecule has 3 fully saturated rings. The zero-order chi connectivity index (χ0) is 11.2. The molecule has 3 saturated heterocycles. The maximum Gasteiger partial charge on any atom is 1.00 e. The maximum absolute atomic E-state index is 5.81. The molecule has 0 N–H and O–H groups in total. The van der Waals surface area contributed by atoms with Gasteiger partial charge in [-0.2, -0.15) is 0 Å². The predicted molar refractivity (Wildman–Crippen MR) is 62.5 cm³/mol. The molecule has 1 aromatic carbocycles. The molecule has 0 aromatic heterocycles. The summed E-state index contributed by atoms with van der Waals surface area (Å²) in [7, 11) is 0. The van der Waals surface area contributed by atoms with Crippen molar-refractivity contribution in [2.75, 3.05) is 19.8 Å². The van der Waals surface area contributed by atoms with Gasteiger partial charge in [-0.1, -0.05) is 36.8 Å². The molecule has 0 spiro atoms. The van der Waals surface area contributed by atoms with Gasteiger partial charge >= 0.3 is 58.1 Å². The van der Waals surface area contributed by atoms with E-state index in [1.54, 1.807) is 0 Å². The average molecular weight is 258 g/mol. The fraction of sp³-hybridized carbons (Fsp3) is 0.500. The van der Waals surface area contributed by atoms with Crippen LogP contribution in [-0.4, -0.2) is 26.6 Å². The topological polar surface area (TPSA) is 27.7 Å². The summed E-state index contributed by atoms with van der Waals surface area (Å²) in [6.07, 6.45) is 0. The summed E-state index contributed by atoms with van der Waals surface area (Å²) >= 11 is 0. The number of hydrogen-bond acceptors (Lipinski definition) is 3. The molecular formula is C12H16BKO3. The molecule has 3 nitrogen and oxygen atoms in total. The SMILES string of the molecule is Cc1ccc([B-]23OCC(C)(CO2)CO3)cc1.[K+]. The van der Waals surface area contributed by atoms with Gasteiger partial charge in [0.15, 0.2) is 0 Å². The maximum atomic E-state index is 5.81. The Hall–Kier alpha value is 0.801. The van der Waals surface area contributed by atoms with E-state index in [9.17, 15) is 0 Å². The largest absolute Gasteiger partial charge is 1.00 e. The van der Waals surface area contributed by atoms with Crippen molar-refractivity contribution in [1.29, 1.82) is 0 Å². The molecule has 3 aliphatic heterocycles. The van der Waals surface area contributed by atoms with Crippen molar-refractivity contribution in [3.05, 3.63) is 29.8 Å². The smallest absolute Gasteiger partial charge is 0.540 e. The van der Waals surface area contributed by atoms with Gasteiger partial charge in [0.25, 0.3) is 0 Å². The fourth-order valence-electron chi connectivity index (χ4n) is 2.29. The van der Waals surface area contributed by atoms with Crippen LogP contribution in [0.15, 0.2) is 24.3 Å². The Bertz CT molecular complexity index is 382. The van der Waals surface area contributed by atoms with E-state index in [2.05, 4.69) is 26.0 Å². The molecule has 3 heterocycles. The third kappa shape index (κ3) is 2.58. The summed E-state index contributed by atoms with van der Waals surface area (Å²) in [5.74, 6) is 0. The molecule has 2 bridgehead atoms. The molecule has 0 unspecified atom stereocenters. The standard InChI is InChI=1S/C12H16BO3.K/c1-10-3-5-11(6-4-10)13-14-7-12(2,8-15-13)9-16-13;/h3-6H,7-9H2,1-2H3;/q-1;+1. The first kappa shape index (κ1) is 14.2. The van der Waals surface area contributed by atoms with Crippen LogP contribution in [0, 0.1) is 12.3 Å². The summed E-state index contributed by atoms with van der Waals surface area (Å²) in [6.45, 7) is 4.70. The summed E-state index contributed by atoms with van der Waals surface area (Å²) in [5, 5.41) is 0. The van der Waals surface area contributed by atoms with Crippen molar-refractivity contribution in [2.24, 2.45) is 5.41 Å². The normalized spacial score (nSPS) is 35.4. The second-order valence-corrected chi connectivity index (χ2v) is 5.30. The Kier molecular flexibility index (Phi) is 4.23. The van der Waals surface area contributed by atoms with Gasteiger partial charge in [-0.3, -0.25) is 0 Å². The fourth-order valence-corrected chi connectivity index (χ4v) is 2.29. The van der Waals surface area contributed by atoms with E-state index in [0.29, 0.717) is 0 Å². The van der Waals surface area contributed by atoms with Crippen LogP contribution in [0.25, 0.3) is 0 Å². The minimum absolute atomic E-state index is 0. The first-order valence-electron chi connectivity index (χ1n) is 5.74. The minimum Gasteiger partial charge on any atom is -0.540 e. The molecule has 17 heavy (non-hydrogen) atoms. The Labute approximate surface area is 145 Å². The van der Waals surface area contributed by atoms with E-state index in [4.69, 9.17) is 14.0 Å². The van der Waals surface area contributed by atoms with Gasteiger partial charge in [-0.05, 0) is 6.92 Å². The molecule has 0 saturated carbocycles. The molecule has 1 aromatic rings. The van der Waals surface area contributed by atoms with E-state index in [0.717, 1.165) is 25.3 Å². The van der Waals surface area contributed by atoms with Crippen molar-refractivity contribution in [1.82, 2.24) is 0 Å². The molecule has 86 valence electrons. The number of rotatable bonds is 1. The molecule has 0 atom stereocenters. The number of hydrogen-bond donors (Lipinski definition) is 0. The quantitative estimate of drug-likeness (QED) is 0.558. The number of aryl methyl sites for hydroxylation is 1. The first-order valence-corrected chi connectivity index (χ1v) is 5.74. The minimum atomic E-state index is -1.67. The van der Waals surface area contributed by atoms with Crippen LogP contribution in [0.4, 0.5) is 0 Å². The van der Waals surface area contributed by atoms with E-state index in [1.807, 2.05) is 12.1 Å². The molecule has 3 aliphatic rings. The van der Waals surface area contributed by atoms with Gasteiger partial charge < -0.3 is 14.0 Å². The van der Waals surface area contributed by atoms with Gasteiger partial charge in [0.2, 0.25) is 0 Å². The zero-order valence-corrected chi connectivity index (χ0v) is 13.9. The number of benzene rings is 1. The Morgan fingerprint density at radius 1 is 1.00 bits per heavy atom. The Morgan fingerprint density at radius 2 is 1.47 bits per heavy atom. The zero-order valence-electron chi connectivity index (χ0n) is 10.7. The van der Waals surface area contributed by atoms with Crippen molar-refractivity contribution < 1.29 is 65.3 Å². The van der Waals surface area contributed by atoms with Crippen LogP contribution in [0.1, 0.15) is 12.5 Å². The second kappa shape index (κ2) is 5.06. The first-order chi connectivity index (χ1) is 7.62. The predicted octanol–water partition coefficient (Wildman–Crippen LogP) is -1.77. The summed E-state index contributed by atoms with van der Waals surface area (Å²) in [5.41, 5.74) is 2.27. The van der Waals surface area contributed by atoms with Crippen LogP contribution in [-0.2, 0) is 14.0 Å². The van der Waals surface area contributed by atoms with Gasteiger partial charge in [-0.25, -0.2) is 0 Å². The number of fused-ring (bicyclic) bond motifs is 3. The molecule has 0 aliphatic carbocycles. The third-order valence-electron chi connectivity index (χ3n) is 3.44. The van der Waals surface area contributed by atoms with Crippen LogP contribution < -0.4 is 56.8 Å². The van der Waals surface area contributed by atoms with Crippen molar-refractivity contribution in [3.8, 4) is 0 Å². The van der Waals surface area contributed by atoms with Crippen LogP contribution >= 0.6 is 0 Å². The van der Waals surface area contributed by atoms with Gasteiger partial charge in [0, 0.05) is 25.2 Å². The monoisotopic (exact) mass is 258 g/mol. The Morgan fingerprint density at radius 3 is 1.94 bits per heavy atom. The molecular weight excluding hydrogens is 242 g/mol. The van der Waals surface area contributed by atoms with Gasteiger partial charge in [0.05, 0.1) is 0 Å². The Balaban J connectivity index is 0.00000108. The molecule has 4 rings (SSSR count). The van der Waals surface area contributed by atoms with Gasteiger partial charge in [-0.15, -0.1) is 5.46 Å². The van der Waals surface area contributed by atoms with Crippen molar-refractivity contribution >= 4 is 12.2 Å². The summed E-state index contributed by atoms with van der Waals surface area (Å²) < 4.78 is 17.4.